The van der Waals surface area contributed by atoms with Crippen LogP contribution in [-0.4, -0.2) is 84.7 Å². The molecule has 38 heavy (non-hydrogen) atoms. The van der Waals surface area contributed by atoms with Crippen molar-refractivity contribution in [3.8, 4) is 5.75 Å². The van der Waals surface area contributed by atoms with Gasteiger partial charge in [-0.1, -0.05) is 0 Å². The first-order chi connectivity index (χ1) is 17.6. The van der Waals surface area contributed by atoms with E-state index in [-0.39, 0.29) is 65.2 Å². The van der Waals surface area contributed by atoms with Gasteiger partial charge in [0.2, 0.25) is 0 Å². The van der Waals surface area contributed by atoms with E-state index < -0.39 is 49.4 Å². The number of nitrogens with zero attached hydrogens (tertiary/aromatic N) is 2. The quantitative estimate of drug-likeness (QED) is 0.539. The lowest BCUT2D eigenvalue weighted by Crippen LogP contribution is -2.49. The second-order valence-electron chi connectivity index (χ2n) is 9.06. The van der Waals surface area contributed by atoms with Crippen LogP contribution in [0.4, 0.5) is 28.9 Å². The van der Waals surface area contributed by atoms with Gasteiger partial charge in [0.1, 0.15) is 11.6 Å². The number of piperazine rings is 1. The smallest absolute Gasteiger partial charge is 0.425 e. The Kier molecular flexibility index (Phi) is 7.29. The van der Waals surface area contributed by atoms with Crippen LogP contribution in [0.25, 0.3) is 0 Å². The fraction of sp³-hybridized carbons (Fsp3) is 0.435. The SMILES string of the molecule is C[C@H](Oc1ccc(S(C)(=O)=O)cc1C(=O)N1CCN(c2cc3c(cc2F)S(=O)(=O)CCN3)CC1)C(F)(F)F. The van der Waals surface area contributed by atoms with Crippen molar-refractivity contribution in [3.63, 3.8) is 0 Å². The summed E-state index contributed by atoms with van der Waals surface area (Å²) in [6, 6.07) is 5.43. The summed E-state index contributed by atoms with van der Waals surface area (Å²) in [6.45, 7) is 1.30. The van der Waals surface area contributed by atoms with Gasteiger partial charge in [-0.05, 0) is 37.3 Å². The van der Waals surface area contributed by atoms with E-state index in [4.69, 9.17) is 4.74 Å². The molecule has 2 aliphatic heterocycles. The maximum atomic E-state index is 14.9. The van der Waals surface area contributed by atoms with E-state index in [0.29, 0.717) is 0 Å². The van der Waals surface area contributed by atoms with Gasteiger partial charge in [0.15, 0.2) is 25.8 Å². The Bertz CT molecular complexity index is 1470. The van der Waals surface area contributed by atoms with Crippen LogP contribution in [0.15, 0.2) is 40.1 Å². The Morgan fingerprint density at radius 1 is 1.11 bits per heavy atom. The van der Waals surface area contributed by atoms with E-state index in [9.17, 15) is 39.2 Å². The zero-order chi connectivity index (χ0) is 28.0. The Morgan fingerprint density at radius 3 is 2.37 bits per heavy atom. The molecule has 1 amide bonds. The van der Waals surface area contributed by atoms with Gasteiger partial charge in [-0.25, -0.2) is 21.2 Å². The molecule has 2 heterocycles. The Morgan fingerprint density at radius 2 is 1.76 bits per heavy atom. The number of anilines is 2. The van der Waals surface area contributed by atoms with Gasteiger partial charge in [0, 0.05) is 39.0 Å². The second-order valence-corrected chi connectivity index (χ2v) is 13.1. The minimum Gasteiger partial charge on any atom is -0.480 e. The topological polar surface area (TPSA) is 113 Å². The number of hydrogen-bond acceptors (Lipinski definition) is 8. The molecular formula is C23H25F4N3O6S2. The summed E-state index contributed by atoms with van der Waals surface area (Å²) in [5, 5.41) is 2.94. The highest BCUT2D eigenvalue weighted by atomic mass is 32.2. The number of carbonyl (C=O) groups is 1. The summed E-state index contributed by atoms with van der Waals surface area (Å²) in [7, 11) is -7.37. The van der Waals surface area contributed by atoms with Crippen LogP contribution in [-0.2, 0) is 19.7 Å². The number of rotatable bonds is 5. The van der Waals surface area contributed by atoms with E-state index in [1.165, 1.54) is 11.0 Å². The van der Waals surface area contributed by atoms with Gasteiger partial charge in [-0.3, -0.25) is 4.79 Å². The van der Waals surface area contributed by atoms with Gasteiger partial charge >= 0.3 is 6.18 Å². The molecule has 1 N–H and O–H groups in total. The van der Waals surface area contributed by atoms with Gasteiger partial charge in [0.25, 0.3) is 5.91 Å². The van der Waals surface area contributed by atoms with Crippen molar-refractivity contribution in [2.24, 2.45) is 0 Å². The molecule has 0 aromatic heterocycles. The van der Waals surface area contributed by atoms with Crippen molar-refractivity contribution >= 4 is 37.0 Å². The number of hydrogen-bond donors (Lipinski definition) is 1. The summed E-state index contributed by atoms with van der Waals surface area (Å²) in [4.78, 5) is 15.9. The third-order valence-electron chi connectivity index (χ3n) is 6.35. The first-order valence-electron chi connectivity index (χ1n) is 11.5. The monoisotopic (exact) mass is 579 g/mol. The molecule has 2 aromatic rings. The second kappa shape index (κ2) is 9.91. The molecule has 1 fully saturated rings. The Balaban J connectivity index is 1.56. The predicted molar refractivity (Wildman–Crippen MR) is 131 cm³/mol. The fourth-order valence-electron chi connectivity index (χ4n) is 4.20. The Hall–Kier alpha value is -3.07. The number of ether oxygens (including phenoxy) is 1. The number of sulfone groups is 2. The summed E-state index contributed by atoms with van der Waals surface area (Å²) in [6.07, 6.45) is -6.06. The van der Waals surface area contributed by atoms with E-state index >= 15 is 0 Å². The molecule has 9 nitrogen and oxygen atoms in total. The standard InChI is InChI=1S/C23H25F4N3O6S2/c1-14(23(25,26)27)36-20-4-3-15(37(2,32)33)11-16(20)22(31)30-8-6-29(7-9-30)19-13-18-21(12-17(19)24)38(34,35)10-5-28-18/h3-4,11-14,28H,5-10H2,1-2H3/t14-/m0/s1. The number of halogens is 4. The van der Waals surface area contributed by atoms with Crippen LogP contribution in [0.1, 0.15) is 17.3 Å². The van der Waals surface area contributed by atoms with Crippen LogP contribution in [0, 0.1) is 5.82 Å². The molecule has 0 radical (unpaired) electrons. The lowest BCUT2D eigenvalue weighted by Gasteiger charge is -2.37. The molecule has 2 aromatic carbocycles. The third kappa shape index (κ3) is 5.67. The maximum absolute atomic E-state index is 14.9. The molecule has 0 bridgehead atoms. The molecule has 208 valence electrons. The number of amides is 1. The highest BCUT2D eigenvalue weighted by molar-refractivity contribution is 7.91. The van der Waals surface area contributed by atoms with Crippen LogP contribution in [0.2, 0.25) is 0 Å². The summed E-state index contributed by atoms with van der Waals surface area (Å²) >= 11 is 0. The number of fused-ring (bicyclic) bond motifs is 1. The highest BCUT2D eigenvalue weighted by Crippen LogP contribution is 2.34. The molecule has 0 spiro atoms. The van der Waals surface area contributed by atoms with E-state index in [2.05, 4.69) is 5.32 Å². The highest BCUT2D eigenvalue weighted by Gasteiger charge is 2.39. The Labute approximate surface area is 217 Å². The van der Waals surface area contributed by atoms with Gasteiger partial charge in [0.05, 0.1) is 32.5 Å². The maximum Gasteiger partial charge on any atom is 0.425 e. The first kappa shape index (κ1) is 28.0. The van der Waals surface area contributed by atoms with Crippen molar-refractivity contribution in [2.75, 3.05) is 54.9 Å². The molecule has 0 saturated carbocycles. The largest absolute Gasteiger partial charge is 0.480 e. The predicted octanol–water partition coefficient (Wildman–Crippen LogP) is 2.72. The molecule has 0 unspecified atom stereocenters. The minimum atomic E-state index is -4.71. The average molecular weight is 580 g/mol. The number of benzene rings is 2. The van der Waals surface area contributed by atoms with E-state index in [1.54, 1.807) is 4.90 Å². The molecule has 1 saturated heterocycles. The normalized spacial score (nSPS) is 18.4. The molecule has 0 aliphatic carbocycles. The number of nitrogens with one attached hydrogen (secondary N) is 1. The average Bonchev–Trinajstić information content (AvgIpc) is 2.83. The summed E-state index contributed by atoms with van der Waals surface area (Å²) < 4.78 is 108. The van der Waals surface area contributed by atoms with E-state index in [1.807, 2.05) is 0 Å². The molecule has 15 heteroatoms. The number of alkyl halides is 3. The van der Waals surface area contributed by atoms with Gasteiger partial charge in [-0.15, -0.1) is 0 Å². The number of carbonyl (C=O) groups excluding carboxylic acids is 1. The summed E-state index contributed by atoms with van der Waals surface area (Å²) in [5.41, 5.74) is 0.0821. The minimum absolute atomic E-state index is 0.0401. The van der Waals surface area contributed by atoms with E-state index in [0.717, 1.165) is 37.4 Å². The third-order valence-corrected chi connectivity index (χ3v) is 9.21. The zero-order valence-corrected chi connectivity index (χ0v) is 22.0. The van der Waals surface area contributed by atoms with Crippen LogP contribution < -0.4 is 15.0 Å². The molecule has 4 rings (SSSR count). The van der Waals surface area contributed by atoms with Crippen LogP contribution in [0.5, 0.6) is 5.75 Å². The van der Waals surface area contributed by atoms with Gasteiger partial charge in [-0.2, -0.15) is 13.2 Å². The van der Waals surface area contributed by atoms with Crippen molar-refractivity contribution in [1.29, 1.82) is 0 Å². The van der Waals surface area contributed by atoms with Crippen molar-refractivity contribution in [1.82, 2.24) is 4.90 Å². The first-order valence-corrected chi connectivity index (χ1v) is 15.0. The van der Waals surface area contributed by atoms with Crippen LogP contribution >= 0.6 is 0 Å². The molecular weight excluding hydrogens is 554 g/mol. The van der Waals surface area contributed by atoms with Crippen molar-refractivity contribution in [2.45, 2.75) is 29.0 Å². The van der Waals surface area contributed by atoms with Crippen molar-refractivity contribution < 1.29 is 43.9 Å². The summed E-state index contributed by atoms with van der Waals surface area (Å²) in [5.74, 6) is -2.04. The zero-order valence-electron chi connectivity index (χ0n) is 20.4. The molecule has 2 aliphatic rings. The fourth-order valence-corrected chi connectivity index (χ4v) is 6.19. The lowest BCUT2D eigenvalue weighted by atomic mass is 10.1. The van der Waals surface area contributed by atoms with Crippen LogP contribution in [0.3, 0.4) is 0 Å². The molecule has 1 atom stereocenters. The lowest BCUT2D eigenvalue weighted by molar-refractivity contribution is -0.189. The van der Waals surface area contributed by atoms with Crippen molar-refractivity contribution in [3.05, 3.63) is 41.7 Å². The van der Waals surface area contributed by atoms with Gasteiger partial charge < -0.3 is 19.9 Å².